The van der Waals surface area contributed by atoms with Crippen LogP contribution in [0, 0.1) is 13.8 Å². The van der Waals surface area contributed by atoms with Crippen molar-refractivity contribution >= 4 is 6.03 Å². The van der Waals surface area contributed by atoms with Gasteiger partial charge in [0, 0.05) is 30.9 Å². The van der Waals surface area contributed by atoms with Gasteiger partial charge in [0.2, 0.25) is 0 Å². The Labute approximate surface area is 172 Å². The summed E-state index contributed by atoms with van der Waals surface area (Å²) in [5.74, 6) is 0. The third kappa shape index (κ3) is 5.35. The number of nitrogens with one attached hydrogen (secondary N) is 1. The molecule has 0 aliphatic heterocycles. The number of hydrogen-bond donors (Lipinski definition) is 1. The number of hydrogen-bond acceptors (Lipinski definition) is 2. The number of aryl methyl sites for hydroxylation is 1. The van der Waals surface area contributed by atoms with Crippen molar-refractivity contribution in [3.05, 3.63) is 101 Å². The molecule has 2 amide bonds. The summed E-state index contributed by atoms with van der Waals surface area (Å²) in [6, 6.07) is 20.1. The molecule has 29 heavy (non-hydrogen) atoms. The molecule has 1 N–H and O–H groups in total. The first kappa shape index (κ1) is 20.4. The zero-order valence-corrected chi connectivity index (χ0v) is 17.1. The second kappa shape index (κ2) is 9.73. The fraction of sp³-hybridized carbons (Fsp3) is 0.250. The van der Waals surface area contributed by atoms with Crippen molar-refractivity contribution < 1.29 is 4.79 Å². The van der Waals surface area contributed by atoms with Gasteiger partial charge < -0.3 is 10.2 Å². The van der Waals surface area contributed by atoms with Gasteiger partial charge in [0.05, 0.1) is 12.2 Å². The average Bonchev–Trinajstić information content (AvgIpc) is 3.00. The number of carbonyl (C=O) groups excluding carboxylic acids is 1. The van der Waals surface area contributed by atoms with Gasteiger partial charge in [0.15, 0.2) is 0 Å². The smallest absolute Gasteiger partial charge is 0.318 e. The van der Waals surface area contributed by atoms with Gasteiger partial charge in [0.25, 0.3) is 0 Å². The summed E-state index contributed by atoms with van der Waals surface area (Å²) in [5.41, 5.74) is 5.37. The van der Waals surface area contributed by atoms with Crippen molar-refractivity contribution in [3.63, 3.8) is 0 Å². The molecule has 5 heteroatoms. The molecule has 0 aliphatic carbocycles. The van der Waals surface area contributed by atoms with Crippen molar-refractivity contribution in [1.29, 1.82) is 0 Å². The molecule has 0 radical (unpaired) electrons. The molecule has 0 aliphatic rings. The summed E-state index contributed by atoms with van der Waals surface area (Å²) in [6.07, 6.45) is 1.75. The molecular formula is C24H28N4O. The van der Waals surface area contributed by atoms with Crippen LogP contribution in [0.1, 0.15) is 28.1 Å². The van der Waals surface area contributed by atoms with Crippen LogP contribution in [-0.4, -0.2) is 27.3 Å². The quantitative estimate of drug-likeness (QED) is 0.580. The summed E-state index contributed by atoms with van der Waals surface area (Å²) in [5, 5.41) is 7.72. The van der Waals surface area contributed by atoms with Gasteiger partial charge in [-0.2, -0.15) is 5.10 Å². The van der Waals surface area contributed by atoms with Crippen LogP contribution in [0.3, 0.4) is 0 Å². The predicted molar refractivity (Wildman–Crippen MR) is 117 cm³/mol. The van der Waals surface area contributed by atoms with E-state index in [9.17, 15) is 4.79 Å². The van der Waals surface area contributed by atoms with Crippen LogP contribution in [0.5, 0.6) is 0 Å². The highest BCUT2D eigenvalue weighted by Crippen LogP contribution is 2.15. The Balaban J connectivity index is 1.66. The van der Waals surface area contributed by atoms with E-state index in [1.165, 1.54) is 5.56 Å². The standard InChI is InChI=1S/C24H28N4O/c1-4-15-27(17-21-11-7-5-8-12-21)24(29)25-16-23-19(2)26-28(20(23)3)18-22-13-9-6-10-14-22/h4-14H,1,15-18H2,2-3H3,(H,25,29). The lowest BCUT2D eigenvalue weighted by atomic mass is 10.2. The van der Waals surface area contributed by atoms with Gasteiger partial charge in [0.1, 0.15) is 0 Å². The highest BCUT2D eigenvalue weighted by molar-refractivity contribution is 5.74. The summed E-state index contributed by atoms with van der Waals surface area (Å²) in [6.45, 7) is 10.0. The topological polar surface area (TPSA) is 50.2 Å². The van der Waals surface area contributed by atoms with Crippen LogP contribution >= 0.6 is 0 Å². The molecule has 3 aromatic rings. The number of urea groups is 1. The van der Waals surface area contributed by atoms with Gasteiger partial charge in [-0.25, -0.2) is 4.79 Å². The number of benzene rings is 2. The predicted octanol–water partition coefficient (Wildman–Crippen LogP) is 4.45. The van der Waals surface area contributed by atoms with Gasteiger partial charge in [-0.1, -0.05) is 66.7 Å². The van der Waals surface area contributed by atoms with Gasteiger partial charge in [-0.3, -0.25) is 4.68 Å². The summed E-state index contributed by atoms with van der Waals surface area (Å²) >= 11 is 0. The van der Waals surface area contributed by atoms with E-state index in [1.54, 1.807) is 11.0 Å². The van der Waals surface area contributed by atoms with Gasteiger partial charge >= 0.3 is 6.03 Å². The molecule has 5 nitrogen and oxygen atoms in total. The molecule has 1 aromatic heterocycles. The van der Waals surface area contributed by atoms with Crippen LogP contribution in [0.2, 0.25) is 0 Å². The minimum Gasteiger partial charge on any atom is -0.334 e. The maximum Gasteiger partial charge on any atom is 0.318 e. The van der Waals surface area contributed by atoms with Crippen molar-refractivity contribution in [2.75, 3.05) is 6.54 Å². The lowest BCUT2D eigenvalue weighted by Gasteiger charge is -2.22. The van der Waals surface area contributed by atoms with Crippen molar-refractivity contribution in [1.82, 2.24) is 20.0 Å². The molecule has 1 heterocycles. The largest absolute Gasteiger partial charge is 0.334 e. The zero-order chi connectivity index (χ0) is 20.6. The molecule has 0 saturated carbocycles. The molecule has 0 spiro atoms. The Bertz CT molecular complexity index is 948. The summed E-state index contributed by atoms with van der Waals surface area (Å²) < 4.78 is 2.00. The Kier molecular flexibility index (Phi) is 6.85. The maximum atomic E-state index is 12.8. The van der Waals surface area contributed by atoms with Crippen molar-refractivity contribution in [3.8, 4) is 0 Å². The number of nitrogens with zero attached hydrogens (tertiary/aromatic N) is 3. The van der Waals surface area contributed by atoms with Crippen LogP contribution in [0.4, 0.5) is 4.79 Å². The van der Waals surface area contributed by atoms with E-state index in [0.29, 0.717) is 19.6 Å². The number of amides is 2. The van der Waals surface area contributed by atoms with E-state index in [0.717, 1.165) is 29.1 Å². The first-order valence-corrected chi connectivity index (χ1v) is 9.83. The van der Waals surface area contributed by atoms with Gasteiger partial charge in [-0.15, -0.1) is 6.58 Å². The zero-order valence-electron chi connectivity index (χ0n) is 17.1. The Morgan fingerprint density at radius 3 is 2.31 bits per heavy atom. The van der Waals surface area contributed by atoms with E-state index >= 15 is 0 Å². The third-order valence-electron chi connectivity index (χ3n) is 4.98. The summed E-state index contributed by atoms with van der Waals surface area (Å²) in [4.78, 5) is 14.5. The Hall–Kier alpha value is -3.34. The Morgan fingerprint density at radius 2 is 1.69 bits per heavy atom. The maximum absolute atomic E-state index is 12.8. The average molecular weight is 389 g/mol. The minimum absolute atomic E-state index is 0.108. The monoisotopic (exact) mass is 388 g/mol. The molecule has 0 atom stereocenters. The van der Waals surface area contributed by atoms with E-state index < -0.39 is 0 Å². The first-order chi connectivity index (χ1) is 14.1. The number of rotatable bonds is 8. The highest BCUT2D eigenvalue weighted by Gasteiger charge is 2.16. The molecule has 0 fully saturated rings. The van der Waals surface area contributed by atoms with E-state index in [1.807, 2.05) is 60.1 Å². The Morgan fingerprint density at radius 1 is 1.07 bits per heavy atom. The molecule has 150 valence electrons. The molecule has 0 saturated heterocycles. The molecule has 0 unspecified atom stereocenters. The lowest BCUT2D eigenvalue weighted by molar-refractivity contribution is 0.200. The normalized spacial score (nSPS) is 10.6. The second-order valence-corrected chi connectivity index (χ2v) is 7.11. The van der Waals surface area contributed by atoms with E-state index in [2.05, 4.69) is 36.1 Å². The third-order valence-corrected chi connectivity index (χ3v) is 4.98. The number of aromatic nitrogens is 2. The minimum atomic E-state index is -0.108. The van der Waals surface area contributed by atoms with Crippen LogP contribution in [0.15, 0.2) is 73.3 Å². The first-order valence-electron chi connectivity index (χ1n) is 9.83. The van der Waals surface area contributed by atoms with Crippen molar-refractivity contribution in [2.24, 2.45) is 0 Å². The van der Waals surface area contributed by atoms with Crippen LogP contribution < -0.4 is 5.32 Å². The second-order valence-electron chi connectivity index (χ2n) is 7.11. The molecule has 2 aromatic carbocycles. The van der Waals surface area contributed by atoms with Crippen molar-refractivity contribution in [2.45, 2.75) is 33.5 Å². The fourth-order valence-corrected chi connectivity index (χ4v) is 3.35. The van der Waals surface area contributed by atoms with E-state index in [-0.39, 0.29) is 6.03 Å². The fourth-order valence-electron chi connectivity index (χ4n) is 3.35. The molecule has 3 rings (SSSR count). The SMILES string of the molecule is C=CCN(Cc1ccccc1)C(=O)NCc1c(C)nn(Cc2ccccc2)c1C. The molecule has 0 bridgehead atoms. The van der Waals surface area contributed by atoms with Crippen LogP contribution in [-0.2, 0) is 19.6 Å². The number of carbonyl (C=O) groups is 1. The highest BCUT2D eigenvalue weighted by atomic mass is 16.2. The van der Waals surface area contributed by atoms with E-state index in [4.69, 9.17) is 0 Å². The van der Waals surface area contributed by atoms with Crippen LogP contribution in [0.25, 0.3) is 0 Å². The lowest BCUT2D eigenvalue weighted by Crippen LogP contribution is -2.39. The molecular weight excluding hydrogens is 360 g/mol. The van der Waals surface area contributed by atoms with Gasteiger partial charge in [-0.05, 0) is 25.0 Å². The summed E-state index contributed by atoms with van der Waals surface area (Å²) in [7, 11) is 0.